The van der Waals surface area contributed by atoms with Crippen LogP contribution in [0, 0.1) is 6.92 Å². The Bertz CT molecular complexity index is 1600. The van der Waals surface area contributed by atoms with E-state index in [4.69, 9.17) is 26.1 Å². The van der Waals surface area contributed by atoms with Gasteiger partial charge in [-0.3, -0.25) is 9.82 Å². The molecule has 0 radical (unpaired) electrons. The van der Waals surface area contributed by atoms with Crippen LogP contribution in [-0.4, -0.2) is 70.8 Å². The first kappa shape index (κ1) is 27.1. The van der Waals surface area contributed by atoms with Crippen LogP contribution in [0.3, 0.4) is 0 Å². The Morgan fingerprint density at radius 3 is 2.62 bits per heavy atom. The number of fused-ring (bicyclic) bond motifs is 1. The Balaban J connectivity index is 1.41. The highest BCUT2D eigenvalue weighted by atomic mass is 35.5. The van der Waals surface area contributed by atoms with E-state index in [0.717, 1.165) is 37.0 Å². The maximum absolute atomic E-state index is 12.9. The molecule has 13 heteroatoms. The van der Waals surface area contributed by atoms with Crippen molar-refractivity contribution in [2.24, 2.45) is 0 Å². The number of hydrogen-bond donors (Lipinski definition) is 2. The van der Waals surface area contributed by atoms with Crippen molar-refractivity contribution in [3.63, 3.8) is 0 Å². The largest absolute Gasteiger partial charge is 0.497 e. The summed E-state index contributed by atoms with van der Waals surface area (Å²) in [5.41, 5.74) is 2.09. The number of rotatable bonds is 8. The fraction of sp³-hybridized carbons (Fsp3) is 0.385. The lowest BCUT2D eigenvalue weighted by molar-refractivity contribution is 0.0824. The van der Waals surface area contributed by atoms with E-state index in [0.29, 0.717) is 34.7 Å². The number of aryl methyl sites for hydroxylation is 1. The molecule has 4 heterocycles. The topological polar surface area (TPSA) is 135 Å². The second kappa shape index (κ2) is 10.9. The average molecular weight is 572 g/mol. The summed E-state index contributed by atoms with van der Waals surface area (Å²) < 4.78 is 39.7. The number of hydrogen-bond acceptors (Lipinski definition) is 9. The van der Waals surface area contributed by atoms with Crippen molar-refractivity contribution in [3.8, 4) is 23.0 Å². The normalized spacial score (nSPS) is 15.1. The lowest BCUT2D eigenvalue weighted by Gasteiger charge is -2.34. The molecule has 0 saturated carbocycles. The van der Waals surface area contributed by atoms with E-state index in [-0.39, 0.29) is 21.8 Å². The Hall–Kier alpha value is -3.48. The van der Waals surface area contributed by atoms with Crippen LogP contribution in [-0.2, 0) is 10.0 Å². The summed E-state index contributed by atoms with van der Waals surface area (Å²) in [6.45, 7) is 8.21. The lowest BCUT2D eigenvalue weighted by Crippen LogP contribution is -2.41. The van der Waals surface area contributed by atoms with Gasteiger partial charge in [0.2, 0.25) is 5.88 Å². The van der Waals surface area contributed by atoms with E-state index in [9.17, 15) is 8.42 Å². The summed E-state index contributed by atoms with van der Waals surface area (Å²) in [4.78, 5) is 15.7. The van der Waals surface area contributed by atoms with Gasteiger partial charge in [0.1, 0.15) is 17.2 Å². The number of H-pyrrole nitrogens is 1. The molecule has 0 amide bonds. The molecular formula is C26H30ClN7O4S. The van der Waals surface area contributed by atoms with Gasteiger partial charge in [-0.15, -0.1) is 0 Å². The van der Waals surface area contributed by atoms with Crippen molar-refractivity contribution in [1.82, 2.24) is 30.0 Å². The van der Waals surface area contributed by atoms with E-state index in [2.05, 4.69) is 43.6 Å². The highest BCUT2D eigenvalue weighted by Gasteiger charge is 2.25. The highest BCUT2D eigenvalue weighted by Crippen LogP contribution is 2.33. The standard InChI is InChI=1S/C26H30ClN7O4S/c1-15(2)34-11-8-18(9-12-34)38-26-23-16(3)31-32-25(23)29-24(30-26)17-5-6-21(20(27)13-17)33-39(35,36)22-14-19(37-4)7-10-28-22/h5-7,10,13-15,18,33H,8-9,11-12H2,1-4H3,(H,29,30,31,32). The molecule has 4 aromatic rings. The van der Waals surface area contributed by atoms with Crippen molar-refractivity contribution in [1.29, 1.82) is 0 Å². The zero-order chi connectivity index (χ0) is 27.7. The van der Waals surface area contributed by atoms with Gasteiger partial charge in [-0.1, -0.05) is 11.6 Å². The molecular weight excluding hydrogens is 542 g/mol. The van der Waals surface area contributed by atoms with Crippen molar-refractivity contribution in [2.75, 3.05) is 24.9 Å². The molecule has 1 fully saturated rings. The number of aromatic nitrogens is 5. The van der Waals surface area contributed by atoms with E-state index < -0.39 is 10.0 Å². The van der Waals surface area contributed by atoms with Gasteiger partial charge in [0, 0.05) is 37.0 Å². The quantitative estimate of drug-likeness (QED) is 0.314. The molecule has 1 saturated heterocycles. The first-order valence-corrected chi connectivity index (χ1v) is 14.5. The molecule has 206 valence electrons. The monoisotopic (exact) mass is 571 g/mol. The number of halogens is 1. The Labute approximate surface area is 232 Å². The first-order valence-electron chi connectivity index (χ1n) is 12.6. The number of pyridine rings is 1. The number of likely N-dealkylation sites (tertiary alicyclic amines) is 1. The van der Waals surface area contributed by atoms with Gasteiger partial charge in [0.15, 0.2) is 16.5 Å². The van der Waals surface area contributed by atoms with Crippen molar-refractivity contribution >= 4 is 38.3 Å². The number of aromatic amines is 1. The summed E-state index contributed by atoms with van der Waals surface area (Å²) >= 11 is 6.50. The summed E-state index contributed by atoms with van der Waals surface area (Å²) in [5.74, 6) is 1.22. The van der Waals surface area contributed by atoms with E-state index >= 15 is 0 Å². The zero-order valence-electron chi connectivity index (χ0n) is 22.1. The van der Waals surface area contributed by atoms with Gasteiger partial charge in [0.25, 0.3) is 10.0 Å². The molecule has 1 aromatic carbocycles. The highest BCUT2D eigenvalue weighted by molar-refractivity contribution is 7.92. The van der Waals surface area contributed by atoms with Gasteiger partial charge >= 0.3 is 0 Å². The molecule has 0 atom stereocenters. The summed E-state index contributed by atoms with van der Waals surface area (Å²) in [6, 6.07) is 8.25. The fourth-order valence-corrected chi connectivity index (χ4v) is 5.85. The van der Waals surface area contributed by atoms with E-state index in [1.54, 1.807) is 24.3 Å². The Kier molecular flexibility index (Phi) is 7.61. The van der Waals surface area contributed by atoms with Crippen LogP contribution in [0.1, 0.15) is 32.4 Å². The van der Waals surface area contributed by atoms with E-state index in [1.165, 1.54) is 19.4 Å². The van der Waals surface area contributed by atoms with Crippen LogP contribution in [0.15, 0.2) is 41.6 Å². The molecule has 2 N–H and O–H groups in total. The Morgan fingerprint density at radius 1 is 1.15 bits per heavy atom. The van der Waals surface area contributed by atoms with Gasteiger partial charge in [0.05, 0.1) is 23.5 Å². The molecule has 1 aliphatic heterocycles. The average Bonchev–Trinajstić information content (AvgIpc) is 3.30. The first-order chi connectivity index (χ1) is 18.6. The van der Waals surface area contributed by atoms with E-state index in [1.807, 2.05) is 6.92 Å². The zero-order valence-corrected chi connectivity index (χ0v) is 23.7. The summed E-state index contributed by atoms with van der Waals surface area (Å²) in [7, 11) is -2.55. The minimum absolute atomic E-state index is 0.0332. The molecule has 0 unspecified atom stereocenters. The molecule has 0 aliphatic carbocycles. The van der Waals surface area contributed by atoms with Crippen LogP contribution in [0.25, 0.3) is 22.4 Å². The number of anilines is 1. The number of piperidine rings is 1. The van der Waals surface area contributed by atoms with Gasteiger partial charge in [-0.25, -0.2) is 9.97 Å². The number of ether oxygens (including phenoxy) is 2. The fourth-order valence-electron chi connectivity index (χ4n) is 4.52. The number of methoxy groups -OCH3 is 1. The van der Waals surface area contributed by atoms with Gasteiger partial charge in [-0.05, 0) is 57.9 Å². The van der Waals surface area contributed by atoms with Gasteiger partial charge < -0.3 is 14.4 Å². The van der Waals surface area contributed by atoms with Crippen LogP contribution < -0.4 is 14.2 Å². The van der Waals surface area contributed by atoms with Crippen molar-refractivity contribution < 1.29 is 17.9 Å². The second-order valence-electron chi connectivity index (χ2n) is 9.67. The van der Waals surface area contributed by atoms with Crippen LogP contribution in [0.4, 0.5) is 5.69 Å². The van der Waals surface area contributed by atoms with Gasteiger partial charge in [-0.2, -0.15) is 18.5 Å². The maximum Gasteiger partial charge on any atom is 0.279 e. The maximum atomic E-state index is 12.9. The number of nitrogens with zero attached hydrogens (tertiary/aromatic N) is 5. The molecule has 11 nitrogen and oxygen atoms in total. The molecule has 0 bridgehead atoms. The molecule has 1 aliphatic rings. The predicted octanol–water partition coefficient (Wildman–Crippen LogP) is 4.44. The smallest absolute Gasteiger partial charge is 0.279 e. The van der Waals surface area contributed by atoms with Crippen molar-refractivity contribution in [3.05, 3.63) is 47.2 Å². The molecule has 39 heavy (non-hydrogen) atoms. The minimum Gasteiger partial charge on any atom is -0.497 e. The molecule has 0 spiro atoms. The second-order valence-corrected chi connectivity index (χ2v) is 11.7. The Morgan fingerprint density at radius 2 is 1.92 bits per heavy atom. The number of nitrogens with one attached hydrogen (secondary N) is 2. The molecule has 5 rings (SSSR count). The predicted molar refractivity (Wildman–Crippen MR) is 149 cm³/mol. The lowest BCUT2D eigenvalue weighted by atomic mass is 10.1. The van der Waals surface area contributed by atoms with Crippen LogP contribution >= 0.6 is 11.6 Å². The number of benzene rings is 1. The minimum atomic E-state index is -4.00. The summed E-state index contributed by atoms with van der Waals surface area (Å²) in [5, 5.41) is 7.98. The SMILES string of the molecule is COc1ccnc(S(=O)(=O)Nc2ccc(-c3nc(OC4CCN(C(C)C)CC4)c4c(C)n[nH]c4n3)cc2Cl)c1. The third-order valence-corrected chi connectivity index (χ3v) is 8.32. The van der Waals surface area contributed by atoms with Crippen molar-refractivity contribution in [2.45, 2.75) is 50.8 Å². The summed E-state index contributed by atoms with van der Waals surface area (Å²) in [6.07, 6.45) is 3.19. The third-order valence-electron chi connectivity index (χ3n) is 6.74. The van der Waals surface area contributed by atoms with Crippen LogP contribution in [0.2, 0.25) is 5.02 Å². The van der Waals surface area contributed by atoms with Crippen LogP contribution in [0.5, 0.6) is 11.6 Å². The third kappa shape index (κ3) is 5.77. The molecule has 3 aromatic heterocycles. The number of sulfonamides is 1.